The molecule has 0 spiro atoms. The van der Waals surface area contributed by atoms with Crippen LogP contribution in [-0.4, -0.2) is 36.1 Å². The van der Waals surface area contributed by atoms with Crippen LogP contribution in [0.15, 0.2) is 22.3 Å². The van der Waals surface area contributed by atoms with Gasteiger partial charge in [-0.25, -0.2) is 4.99 Å². The van der Waals surface area contributed by atoms with Crippen LogP contribution in [0, 0.1) is 0 Å². The molecule has 3 nitrogen and oxygen atoms in total. The second-order valence-electron chi connectivity index (χ2n) is 2.98. The Morgan fingerprint density at radius 3 is 3.09 bits per heavy atom. The summed E-state index contributed by atoms with van der Waals surface area (Å²) in [5.74, 6) is 0. The lowest BCUT2D eigenvalue weighted by Gasteiger charge is -2.25. The Morgan fingerprint density at radius 2 is 2.36 bits per heavy atom. The summed E-state index contributed by atoms with van der Waals surface area (Å²) >= 11 is 0. The lowest BCUT2D eigenvalue weighted by Crippen LogP contribution is -2.39. The summed E-state index contributed by atoms with van der Waals surface area (Å²) in [6.07, 6.45) is 5.83. The van der Waals surface area contributed by atoms with E-state index in [1.807, 2.05) is 6.92 Å². The smallest absolute Gasteiger partial charge is 0.110 e. The van der Waals surface area contributed by atoms with Crippen LogP contribution in [0.2, 0.25) is 0 Å². The monoisotopic (exact) mass is 149 g/mol. The van der Waals surface area contributed by atoms with E-state index >= 15 is 0 Å². The normalized spacial score (nSPS) is 34.0. The predicted octanol–water partition coefficient (Wildman–Crippen LogP) is 0.685. The summed E-state index contributed by atoms with van der Waals surface area (Å²) in [6.45, 7) is 2.05. The van der Waals surface area contributed by atoms with E-state index in [0.717, 1.165) is 5.71 Å². The molecular weight excluding hydrogens is 138 g/mol. The van der Waals surface area contributed by atoms with Crippen molar-refractivity contribution in [2.75, 3.05) is 7.05 Å². The summed E-state index contributed by atoms with van der Waals surface area (Å²) in [5.41, 5.74) is 1.15. The zero-order valence-corrected chi connectivity index (χ0v) is 6.73. The molecule has 0 saturated carbocycles. The molecule has 0 aromatic heterocycles. The summed E-state index contributed by atoms with van der Waals surface area (Å²) in [5, 5.41) is 0. The van der Waals surface area contributed by atoms with Crippen molar-refractivity contribution >= 4 is 12.1 Å². The average Bonchev–Trinajstić information content (AvgIpc) is 2.34. The minimum Gasteiger partial charge on any atom is -0.370 e. The Kier molecular flexibility index (Phi) is 1.31. The molecule has 3 heteroatoms. The van der Waals surface area contributed by atoms with Crippen molar-refractivity contribution in [3.63, 3.8) is 0 Å². The molecule has 2 unspecified atom stereocenters. The van der Waals surface area contributed by atoms with Crippen molar-refractivity contribution in [3.8, 4) is 0 Å². The van der Waals surface area contributed by atoms with Gasteiger partial charge in [0, 0.05) is 12.8 Å². The van der Waals surface area contributed by atoms with Gasteiger partial charge >= 0.3 is 0 Å². The summed E-state index contributed by atoms with van der Waals surface area (Å²) in [4.78, 5) is 10.6. The molecule has 0 aliphatic carbocycles. The lowest BCUT2D eigenvalue weighted by atomic mass is 10.1. The van der Waals surface area contributed by atoms with Crippen LogP contribution in [0.1, 0.15) is 6.92 Å². The van der Waals surface area contributed by atoms with Crippen molar-refractivity contribution in [3.05, 3.63) is 12.3 Å². The first-order chi connectivity index (χ1) is 5.29. The Labute approximate surface area is 66.1 Å². The summed E-state index contributed by atoms with van der Waals surface area (Å²) in [7, 11) is 2.06. The molecule has 2 rings (SSSR count). The third kappa shape index (κ3) is 0.878. The van der Waals surface area contributed by atoms with Crippen molar-refractivity contribution in [1.29, 1.82) is 0 Å². The molecule has 0 N–H and O–H groups in total. The van der Waals surface area contributed by atoms with Gasteiger partial charge in [0.2, 0.25) is 0 Å². The first kappa shape index (κ1) is 6.58. The quantitative estimate of drug-likeness (QED) is 0.498. The van der Waals surface area contributed by atoms with Gasteiger partial charge in [-0.3, -0.25) is 4.99 Å². The highest BCUT2D eigenvalue weighted by atomic mass is 15.2. The van der Waals surface area contributed by atoms with Crippen LogP contribution >= 0.6 is 0 Å². The minimum atomic E-state index is 0.303. The van der Waals surface area contributed by atoms with Gasteiger partial charge in [0.15, 0.2) is 0 Å². The van der Waals surface area contributed by atoms with Gasteiger partial charge in [0.05, 0.1) is 12.1 Å². The second-order valence-corrected chi connectivity index (χ2v) is 2.98. The van der Waals surface area contributed by atoms with Crippen LogP contribution in [0.3, 0.4) is 0 Å². The fourth-order valence-corrected chi connectivity index (χ4v) is 1.61. The van der Waals surface area contributed by atoms with Crippen molar-refractivity contribution < 1.29 is 0 Å². The minimum absolute atomic E-state index is 0.303. The van der Waals surface area contributed by atoms with Gasteiger partial charge in [-0.05, 0) is 19.2 Å². The van der Waals surface area contributed by atoms with Crippen LogP contribution in [0.5, 0.6) is 0 Å². The van der Waals surface area contributed by atoms with E-state index in [1.54, 1.807) is 6.34 Å². The number of fused-ring (bicyclic) bond motifs is 1. The molecule has 58 valence electrons. The molecule has 0 saturated heterocycles. The number of hydrogen-bond acceptors (Lipinski definition) is 3. The Bertz CT molecular complexity index is 252. The third-order valence-corrected chi connectivity index (χ3v) is 2.21. The van der Waals surface area contributed by atoms with E-state index in [-0.39, 0.29) is 0 Å². The lowest BCUT2D eigenvalue weighted by molar-refractivity contribution is 0.411. The van der Waals surface area contributed by atoms with Gasteiger partial charge in [-0.2, -0.15) is 0 Å². The molecule has 0 amide bonds. The highest BCUT2D eigenvalue weighted by Gasteiger charge is 2.29. The number of likely N-dealkylation sites (N-methyl/N-ethyl adjacent to an activating group) is 1. The summed E-state index contributed by atoms with van der Waals surface area (Å²) in [6, 6.07) is 0.678. The van der Waals surface area contributed by atoms with Crippen LogP contribution < -0.4 is 0 Å². The van der Waals surface area contributed by atoms with Crippen LogP contribution in [0.25, 0.3) is 0 Å². The van der Waals surface area contributed by atoms with E-state index < -0.39 is 0 Å². The molecule has 0 aromatic rings. The largest absolute Gasteiger partial charge is 0.370 e. The van der Waals surface area contributed by atoms with Gasteiger partial charge in [0.25, 0.3) is 0 Å². The number of nitrogens with zero attached hydrogens (tertiary/aromatic N) is 3. The maximum absolute atomic E-state index is 4.25. The molecular formula is C8H11N3. The number of rotatable bonds is 0. The van der Waals surface area contributed by atoms with Crippen molar-refractivity contribution in [1.82, 2.24) is 4.90 Å². The van der Waals surface area contributed by atoms with E-state index in [9.17, 15) is 0 Å². The maximum Gasteiger partial charge on any atom is 0.110 e. The Balaban J connectivity index is 2.31. The van der Waals surface area contributed by atoms with Crippen molar-refractivity contribution in [2.24, 2.45) is 9.98 Å². The molecule has 2 aliphatic heterocycles. The maximum atomic E-state index is 4.25. The standard InChI is InChI=1S/C8H11N3/c1-6-8-7(10-5-9-6)3-4-11(8)2/h3-5,7-8H,1-2H3. The highest BCUT2D eigenvalue weighted by Crippen LogP contribution is 2.19. The highest BCUT2D eigenvalue weighted by molar-refractivity contribution is 5.95. The van der Waals surface area contributed by atoms with Crippen LogP contribution in [-0.2, 0) is 0 Å². The van der Waals surface area contributed by atoms with E-state index in [4.69, 9.17) is 0 Å². The number of aliphatic imine (C=N–C) groups is 2. The molecule has 0 bridgehead atoms. The molecule has 0 aromatic carbocycles. The molecule has 11 heavy (non-hydrogen) atoms. The summed E-state index contributed by atoms with van der Waals surface area (Å²) < 4.78 is 0. The fourth-order valence-electron chi connectivity index (χ4n) is 1.61. The zero-order valence-electron chi connectivity index (χ0n) is 6.73. The van der Waals surface area contributed by atoms with Crippen molar-refractivity contribution in [2.45, 2.75) is 19.0 Å². The topological polar surface area (TPSA) is 28.0 Å². The Hall–Kier alpha value is -1.12. The fraction of sp³-hybridized carbons (Fsp3) is 0.500. The van der Waals surface area contributed by atoms with Gasteiger partial charge < -0.3 is 4.90 Å². The van der Waals surface area contributed by atoms with Gasteiger partial charge in [0.1, 0.15) is 6.34 Å². The molecule has 0 radical (unpaired) electrons. The Morgan fingerprint density at radius 1 is 1.55 bits per heavy atom. The van der Waals surface area contributed by atoms with Crippen LogP contribution in [0.4, 0.5) is 0 Å². The molecule has 2 atom stereocenters. The molecule has 0 fully saturated rings. The van der Waals surface area contributed by atoms with Gasteiger partial charge in [-0.1, -0.05) is 0 Å². The SMILES string of the molecule is CC1=NC=NC2C=CN(C)C12. The van der Waals surface area contributed by atoms with E-state index in [0.29, 0.717) is 12.1 Å². The van der Waals surface area contributed by atoms with E-state index in [1.165, 1.54) is 0 Å². The first-order valence-corrected chi connectivity index (χ1v) is 3.75. The first-order valence-electron chi connectivity index (χ1n) is 3.75. The zero-order chi connectivity index (χ0) is 7.84. The predicted molar refractivity (Wildman–Crippen MR) is 46.1 cm³/mol. The van der Waals surface area contributed by atoms with Gasteiger partial charge in [-0.15, -0.1) is 0 Å². The molecule has 2 aliphatic rings. The third-order valence-electron chi connectivity index (χ3n) is 2.21. The second kappa shape index (κ2) is 2.19. The van der Waals surface area contributed by atoms with E-state index in [2.05, 4.69) is 34.2 Å². The average molecular weight is 149 g/mol. The molecule has 2 heterocycles. The number of hydrogen-bond donors (Lipinski definition) is 0.